The van der Waals surface area contributed by atoms with Gasteiger partial charge in [0.15, 0.2) is 6.10 Å². The van der Waals surface area contributed by atoms with E-state index in [1.807, 2.05) is 31.2 Å². The SMILES string of the molecule is Cc1ccc(OC(C)C(=O)NCCC2CCCNC2)cc1. The Morgan fingerprint density at radius 1 is 1.43 bits per heavy atom. The van der Waals surface area contributed by atoms with Gasteiger partial charge in [0.1, 0.15) is 5.75 Å². The first-order chi connectivity index (χ1) is 10.1. The van der Waals surface area contributed by atoms with Crippen LogP contribution in [0.25, 0.3) is 0 Å². The second-order valence-electron chi connectivity index (χ2n) is 5.87. The highest BCUT2D eigenvalue weighted by Crippen LogP contribution is 2.14. The van der Waals surface area contributed by atoms with Gasteiger partial charge in [0, 0.05) is 6.54 Å². The van der Waals surface area contributed by atoms with Gasteiger partial charge in [-0.15, -0.1) is 0 Å². The quantitative estimate of drug-likeness (QED) is 0.845. The predicted octanol–water partition coefficient (Wildman–Crippen LogP) is 2.27. The molecule has 21 heavy (non-hydrogen) atoms. The summed E-state index contributed by atoms with van der Waals surface area (Å²) in [6, 6.07) is 7.76. The van der Waals surface area contributed by atoms with Crippen LogP contribution in [0.5, 0.6) is 5.75 Å². The molecule has 1 amide bonds. The third-order valence-corrected chi connectivity index (χ3v) is 3.95. The fourth-order valence-electron chi connectivity index (χ4n) is 2.59. The maximum absolute atomic E-state index is 12.0. The third kappa shape index (κ3) is 5.38. The van der Waals surface area contributed by atoms with Crippen molar-refractivity contribution in [1.82, 2.24) is 10.6 Å². The van der Waals surface area contributed by atoms with Crippen LogP contribution in [0, 0.1) is 12.8 Å². The molecule has 1 aromatic carbocycles. The number of nitrogens with one attached hydrogen (secondary N) is 2. The van der Waals surface area contributed by atoms with Gasteiger partial charge in [0.25, 0.3) is 5.91 Å². The Hall–Kier alpha value is -1.55. The summed E-state index contributed by atoms with van der Waals surface area (Å²) in [5.74, 6) is 1.38. The number of amides is 1. The number of rotatable bonds is 6. The molecule has 4 nitrogen and oxygen atoms in total. The number of hydrogen-bond donors (Lipinski definition) is 2. The summed E-state index contributed by atoms with van der Waals surface area (Å²) >= 11 is 0. The number of ether oxygens (including phenoxy) is 1. The van der Waals surface area contributed by atoms with Gasteiger partial charge in [0.2, 0.25) is 0 Å². The van der Waals surface area contributed by atoms with Crippen molar-refractivity contribution >= 4 is 5.91 Å². The third-order valence-electron chi connectivity index (χ3n) is 3.95. The van der Waals surface area contributed by atoms with E-state index in [2.05, 4.69) is 10.6 Å². The second kappa shape index (κ2) is 8.03. The van der Waals surface area contributed by atoms with E-state index in [4.69, 9.17) is 4.74 Å². The summed E-state index contributed by atoms with van der Waals surface area (Å²) in [6.45, 7) is 6.75. The van der Waals surface area contributed by atoms with E-state index in [1.54, 1.807) is 6.92 Å². The minimum Gasteiger partial charge on any atom is -0.481 e. The van der Waals surface area contributed by atoms with E-state index in [9.17, 15) is 4.79 Å². The highest BCUT2D eigenvalue weighted by atomic mass is 16.5. The van der Waals surface area contributed by atoms with E-state index in [0.717, 1.165) is 31.8 Å². The Balaban J connectivity index is 1.68. The van der Waals surface area contributed by atoms with Crippen LogP contribution in [0.1, 0.15) is 31.7 Å². The van der Waals surface area contributed by atoms with Crippen molar-refractivity contribution in [3.05, 3.63) is 29.8 Å². The monoisotopic (exact) mass is 290 g/mol. The zero-order valence-electron chi connectivity index (χ0n) is 13.0. The van der Waals surface area contributed by atoms with Crippen LogP contribution in [0.4, 0.5) is 0 Å². The Bertz CT molecular complexity index is 439. The Morgan fingerprint density at radius 3 is 2.86 bits per heavy atom. The normalized spacial score (nSPS) is 19.8. The summed E-state index contributed by atoms with van der Waals surface area (Å²) in [7, 11) is 0. The van der Waals surface area contributed by atoms with Gasteiger partial charge in [-0.05, 0) is 64.3 Å². The van der Waals surface area contributed by atoms with E-state index >= 15 is 0 Å². The van der Waals surface area contributed by atoms with Crippen LogP contribution in [0.15, 0.2) is 24.3 Å². The number of benzene rings is 1. The fraction of sp³-hybridized carbons (Fsp3) is 0.588. The first-order valence-corrected chi connectivity index (χ1v) is 7.87. The number of aryl methyl sites for hydroxylation is 1. The molecule has 0 radical (unpaired) electrons. The highest BCUT2D eigenvalue weighted by molar-refractivity contribution is 5.80. The topological polar surface area (TPSA) is 50.4 Å². The summed E-state index contributed by atoms with van der Waals surface area (Å²) in [5.41, 5.74) is 1.18. The molecule has 1 heterocycles. The molecule has 1 aliphatic rings. The first-order valence-electron chi connectivity index (χ1n) is 7.87. The van der Waals surface area contributed by atoms with Crippen molar-refractivity contribution in [2.75, 3.05) is 19.6 Å². The lowest BCUT2D eigenvalue weighted by atomic mass is 9.96. The molecule has 0 bridgehead atoms. The van der Waals surface area contributed by atoms with Crippen LogP contribution < -0.4 is 15.4 Å². The molecular formula is C17H26N2O2. The Labute approximate surface area is 127 Å². The molecule has 0 aliphatic carbocycles. The molecule has 1 aromatic rings. The standard InChI is InChI=1S/C17H26N2O2/c1-13-5-7-16(8-6-13)21-14(2)17(20)19-11-9-15-4-3-10-18-12-15/h5-8,14-15,18H,3-4,9-12H2,1-2H3,(H,19,20). The minimum absolute atomic E-state index is 0.0423. The fourth-order valence-corrected chi connectivity index (χ4v) is 2.59. The minimum atomic E-state index is -0.461. The molecule has 4 heteroatoms. The molecule has 2 rings (SSSR count). The Morgan fingerprint density at radius 2 is 2.19 bits per heavy atom. The first kappa shape index (κ1) is 15.8. The van der Waals surface area contributed by atoms with Gasteiger partial charge in [-0.2, -0.15) is 0 Å². The van der Waals surface area contributed by atoms with Gasteiger partial charge in [-0.1, -0.05) is 17.7 Å². The molecule has 2 atom stereocenters. The summed E-state index contributed by atoms with van der Waals surface area (Å²) in [6.07, 6.45) is 3.08. The van der Waals surface area contributed by atoms with Crippen molar-refractivity contribution in [1.29, 1.82) is 0 Å². The molecule has 1 saturated heterocycles. The number of piperidine rings is 1. The molecule has 2 unspecified atom stereocenters. The van der Waals surface area contributed by atoms with E-state index in [1.165, 1.54) is 18.4 Å². The molecule has 1 fully saturated rings. The molecule has 0 spiro atoms. The van der Waals surface area contributed by atoms with Crippen LogP contribution in [-0.4, -0.2) is 31.6 Å². The van der Waals surface area contributed by atoms with Gasteiger partial charge < -0.3 is 15.4 Å². The molecule has 0 saturated carbocycles. The van der Waals surface area contributed by atoms with Gasteiger partial charge >= 0.3 is 0 Å². The van der Waals surface area contributed by atoms with Crippen molar-refractivity contribution in [2.24, 2.45) is 5.92 Å². The summed E-state index contributed by atoms with van der Waals surface area (Å²) in [5, 5.41) is 6.37. The highest BCUT2D eigenvalue weighted by Gasteiger charge is 2.16. The van der Waals surface area contributed by atoms with Crippen molar-refractivity contribution < 1.29 is 9.53 Å². The second-order valence-corrected chi connectivity index (χ2v) is 5.87. The van der Waals surface area contributed by atoms with Crippen LogP contribution >= 0.6 is 0 Å². The van der Waals surface area contributed by atoms with Gasteiger partial charge in [-0.3, -0.25) is 4.79 Å². The van der Waals surface area contributed by atoms with Crippen molar-refractivity contribution in [3.63, 3.8) is 0 Å². The summed E-state index contributed by atoms with van der Waals surface area (Å²) < 4.78 is 5.65. The number of carbonyl (C=O) groups is 1. The summed E-state index contributed by atoms with van der Waals surface area (Å²) in [4.78, 5) is 12.0. The molecule has 116 valence electrons. The average Bonchev–Trinajstić information content (AvgIpc) is 2.50. The molecule has 2 N–H and O–H groups in total. The molecule has 0 aromatic heterocycles. The van der Waals surface area contributed by atoms with Crippen LogP contribution in [0.3, 0.4) is 0 Å². The van der Waals surface area contributed by atoms with E-state index < -0.39 is 6.10 Å². The molecule has 1 aliphatic heterocycles. The predicted molar refractivity (Wildman–Crippen MR) is 84.5 cm³/mol. The molecular weight excluding hydrogens is 264 g/mol. The van der Waals surface area contributed by atoms with Crippen LogP contribution in [-0.2, 0) is 4.79 Å². The van der Waals surface area contributed by atoms with E-state index in [0.29, 0.717) is 5.92 Å². The van der Waals surface area contributed by atoms with Gasteiger partial charge in [-0.25, -0.2) is 0 Å². The zero-order valence-corrected chi connectivity index (χ0v) is 13.0. The average molecular weight is 290 g/mol. The smallest absolute Gasteiger partial charge is 0.260 e. The lowest BCUT2D eigenvalue weighted by molar-refractivity contribution is -0.127. The van der Waals surface area contributed by atoms with E-state index in [-0.39, 0.29) is 5.91 Å². The maximum Gasteiger partial charge on any atom is 0.260 e. The van der Waals surface area contributed by atoms with Gasteiger partial charge in [0.05, 0.1) is 0 Å². The number of hydrogen-bond acceptors (Lipinski definition) is 3. The van der Waals surface area contributed by atoms with Crippen molar-refractivity contribution in [3.8, 4) is 5.75 Å². The lowest BCUT2D eigenvalue weighted by Gasteiger charge is -2.23. The number of carbonyl (C=O) groups excluding carboxylic acids is 1. The maximum atomic E-state index is 12.0. The van der Waals surface area contributed by atoms with Crippen LogP contribution in [0.2, 0.25) is 0 Å². The lowest BCUT2D eigenvalue weighted by Crippen LogP contribution is -2.38. The largest absolute Gasteiger partial charge is 0.481 e. The zero-order chi connectivity index (χ0) is 15.1. The Kier molecular flexibility index (Phi) is 6.05. The van der Waals surface area contributed by atoms with Crippen molar-refractivity contribution in [2.45, 2.75) is 39.2 Å².